The molecule has 2 aromatic carbocycles. The average Bonchev–Trinajstić information content (AvgIpc) is 3.34. The number of hydrogen-bond donors (Lipinski definition) is 0. The fourth-order valence-corrected chi connectivity index (χ4v) is 5.95. The van der Waals surface area contributed by atoms with Crippen LogP contribution in [0.25, 0.3) is 0 Å². The fraction of sp³-hybridized carbons (Fsp3) is 0.667. The minimum atomic E-state index is 0.0187. The molecule has 0 heterocycles. The summed E-state index contributed by atoms with van der Waals surface area (Å²) < 4.78 is 20.0. The molecule has 1 aliphatic rings. The predicted molar refractivity (Wildman–Crippen MR) is 168 cm³/mol. The standard InChI is InChI=1S/C36H57NO3/c1-4-6-8-10-11-12-20-26-37(3)35-33(39-29-31-22-16-14-17-23-31)28-34(40-30-32-24-18-15-19-25-32)36(35)38-27-21-13-9-7-5-2/h14-19,22-25,33-36H,4-13,20-21,26-30H2,1-3H3/t33-,34+,35+,36+/m1/s1. The normalized spacial score (nSPS) is 20.9. The number of likely N-dealkylation sites (N-methyl/N-ethyl adjacent to an activating group) is 1. The summed E-state index contributed by atoms with van der Waals surface area (Å²) in [6.07, 6.45) is 16.5. The third-order valence-corrected chi connectivity index (χ3v) is 8.34. The van der Waals surface area contributed by atoms with Crippen molar-refractivity contribution >= 4 is 0 Å². The third-order valence-electron chi connectivity index (χ3n) is 8.34. The zero-order valence-electron chi connectivity index (χ0n) is 25.8. The molecule has 2 aromatic rings. The fourth-order valence-electron chi connectivity index (χ4n) is 5.95. The van der Waals surface area contributed by atoms with E-state index in [0.717, 1.165) is 26.0 Å². The maximum atomic E-state index is 6.73. The second-order valence-corrected chi connectivity index (χ2v) is 11.7. The quantitative estimate of drug-likeness (QED) is 0.137. The second kappa shape index (κ2) is 20.2. The van der Waals surface area contributed by atoms with Gasteiger partial charge in [0.05, 0.1) is 31.5 Å². The lowest BCUT2D eigenvalue weighted by molar-refractivity contribution is -0.0898. The third kappa shape index (κ3) is 12.0. The molecule has 4 heteroatoms. The highest BCUT2D eigenvalue weighted by Crippen LogP contribution is 2.33. The smallest absolute Gasteiger partial charge is 0.102 e. The van der Waals surface area contributed by atoms with Gasteiger partial charge in [0.2, 0.25) is 0 Å². The van der Waals surface area contributed by atoms with Crippen LogP contribution < -0.4 is 0 Å². The van der Waals surface area contributed by atoms with Gasteiger partial charge >= 0.3 is 0 Å². The van der Waals surface area contributed by atoms with Crippen molar-refractivity contribution < 1.29 is 14.2 Å². The molecule has 0 saturated heterocycles. The summed E-state index contributed by atoms with van der Waals surface area (Å²) in [5.41, 5.74) is 2.43. The Labute approximate surface area is 245 Å². The number of benzene rings is 2. The van der Waals surface area contributed by atoms with Gasteiger partial charge in [0.15, 0.2) is 0 Å². The van der Waals surface area contributed by atoms with Crippen LogP contribution >= 0.6 is 0 Å². The number of hydrogen-bond acceptors (Lipinski definition) is 4. The van der Waals surface area contributed by atoms with Crippen LogP contribution in [-0.2, 0) is 27.4 Å². The van der Waals surface area contributed by atoms with Crippen molar-refractivity contribution in [3.63, 3.8) is 0 Å². The molecule has 0 radical (unpaired) electrons. The van der Waals surface area contributed by atoms with Crippen LogP contribution in [0.5, 0.6) is 0 Å². The molecule has 0 aromatic heterocycles. The summed E-state index contributed by atoms with van der Waals surface area (Å²) in [6, 6.07) is 21.3. The first-order valence-electron chi connectivity index (χ1n) is 16.4. The van der Waals surface area contributed by atoms with E-state index in [1.165, 1.54) is 81.8 Å². The summed E-state index contributed by atoms with van der Waals surface area (Å²) in [6.45, 7) is 7.67. The van der Waals surface area contributed by atoms with Crippen molar-refractivity contribution in [2.75, 3.05) is 20.2 Å². The van der Waals surface area contributed by atoms with Gasteiger partial charge in [-0.15, -0.1) is 0 Å². The summed E-state index contributed by atoms with van der Waals surface area (Å²) in [7, 11) is 2.28. The van der Waals surface area contributed by atoms with Gasteiger partial charge in [-0.1, -0.05) is 139 Å². The molecule has 0 N–H and O–H groups in total. The van der Waals surface area contributed by atoms with Crippen LogP contribution in [-0.4, -0.2) is 49.5 Å². The van der Waals surface area contributed by atoms with Crippen molar-refractivity contribution in [3.8, 4) is 0 Å². The van der Waals surface area contributed by atoms with Gasteiger partial charge in [0.1, 0.15) is 6.10 Å². The number of rotatable bonds is 22. The Kier molecular flexibility index (Phi) is 16.6. The number of ether oxygens (including phenoxy) is 3. The van der Waals surface area contributed by atoms with Gasteiger partial charge in [0, 0.05) is 13.0 Å². The lowest BCUT2D eigenvalue weighted by Crippen LogP contribution is -2.48. The summed E-state index contributed by atoms with van der Waals surface area (Å²) in [5.74, 6) is 0. The first-order chi connectivity index (χ1) is 19.7. The maximum absolute atomic E-state index is 6.73. The van der Waals surface area contributed by atoms with Gasteiger partial charge in [-0.3, -0.25) is 4.90 Å². The molecule has 0 bridgehead atoms. The SMILES string of the molecule is CCCCCCCCCN(C)[C@@H]1[C@@H](OCCCCCCC)[C@@H](OCc2ccccc2)C[C@H]1OCc1ccccc1. The molecular weight excluding hydrogens is 494 g/mol. The first-order valence-corrected chi connectivity index (χ1v) is 16.4. The highest BCUT2D eigenvalue weighted by atomic mass is 16.6. The van der Waals surface area contributed by atoms with Crippen molar-refractivity contribution in [3.05, 3.63) is 71.8 Å². The molecule has 4 nitrogen and oxygen atoms in total. The van der Waals surface area contributed by atoms with Crippen molar-refractivity contribution in [2.24, 2.45) is 0 Å². The molecule has 40 heavy (non-hydrogen) atoms. The lowest BCUT2D eigenvalue weighted by Gasteiger charge is -2.34. The monoisotopic (exact) mass is 551 g/mol. The highest BCUT2D eigenvalue weighted by Gasteiger charge is 2.47. The van der Waals surface area contributed by atoms with E-state index in [0.29, 0.717) is 13.2 Å². The Bertz CT molecular complexity index is 861. The van der Waals surface area contributed by atoms with E-state index < -0.39 is 0 Å². The van der Waals surface area contributed by atoms with E-state index in [1.54, 1.807) is 0 Å². The first kappa shape index (κ1) is 32.8. The molecule has 0 aliphatic heterocycles. The minimum absolute atomic E-state index is 0.0187. The van der Waals surface area contributed by atoms with E-state index in [4.69, 9.17) is 14.2 Å². The van der Waals surface area contributed by atoms with Crippen LogP contribution in [0.15, 0.2) is 60.7 Å². The van der Waals surface area contributed by atoms with E-state index >= 15 is 0 Å². The van der Waals surface area contributed by atoms with Crippen LogP contribution in [0.1, 0.15) is 108 Å². The molecule has 0 spiro atoms. The summed E-state index contributed by atoms with van der Waals surface area (Å²) in [5, 5.41) is 0. The molecule has 4 atom stereocenters. The average molecular weight is 552 g/mol. The number of nitrogens with zero attached hydrogens (tertiary/aromatic N) is 1. The molecule has 1 fully saturated rings. The molecule has 224 valence electrons. The van der Waals surface area contributed by atoms with Gasteiger partial charge < -0.3 is 14.2 Å². The molecule has 1 saturated carbocycles. The molecular formula is C36H57NO3. The maximum Gasteiger partial charge on any atom is 0.102 e. The van der Waals surface area contributed by atoms with Crippen molar-refractivity contribution in [1.29, 1.82) is 0 Å². The van der Waals surface area contributed by atoms with Crippen LogP contribution in [0.3, 0.4) is 0 Å². The Morgan fingerprint density at radius 1 is 0.600 bits per heavy atom. The second-order valence-electron chi connectivity index (χ2n) is 11.7. The van der Waals surface area contributed by atoms with E-state index in [-0.39, 0.29) is 24.4 Å². The Hall–Kier alpha value is -1.72. The van der Waals surface area contributed by atoms with Crippen LogP contribution in [0, 0.1) is 0 Å². The topological polar surface area (TPSA) is 30.9 Å². The Balaban J connectivity index is 1.66. The van der Waals surface area contributed by atoms with E-state index in [2.05, 4.69) is 86.5 Å². The van der Waals surface area contributed by atoms with Gasteiger partial charge in [-0.25, -0.2) is 0 Å². The molecule has 3 rings (SSSR count). The zero-order valence-corrected chi connectivity index (χ0v) is 25.8. The van der Waals surface area contributed by atoms with Gasteiger partial charge in [0.25, 0.3) is 0 Å². The number of unbranched alkanes of at least 4 members (excludes halogenated alkanes) is 10. The highest BCUT2D eigenvalue weighted by molar-refractivity contribution is 5.15. The largest absolute Gasteiger partial charge is 0.374 e. The predicted octanol–water partition coefficient (Wildman–Crippen LogP) is 8.97. The van der Waals surface area contributed by atoms with E-state index in [9.17, 15) is 0 Å². The van der Waals surface area contributed by atoms with Crippen LogP contribution in [0.2, 0.25) is 0 Å². The summed E-state index contributed by atoms with van der Waals surface area (Å²) in [4.78, 5) is 2.52. The van der Waals surface area contributed by atoms with Gasteiger partial charge in [-0.05, 0) is 37.6 Å². The van der Waals surface area contributed by atoms with Crippen molar-refractivity contribution in [1.82, 2.24) is 4.90 Å². The Morgan fingerprint density at radius 2 is 1.10 bits per heavy atom. The van der Waals surface area contributed by atoms with Gasteiger partial charge in [-0.2, -0.15) is 0 Å². The molecule has 0 amide bonds. The molecule has 0 unspecified atom stereocenters. The van der Waals surface area contributed by atoms with E-state index in [1.807, 2.05) is 0 Å². The zero-order chi connectivity index (χ0) is 28.3. The summed E-state index contributed by atoms with van der Waals surface area (Å²) >= 11 is 0. The minimum Gasteiger partial charge on any atom is -0.374 e. The van der Waals surface area contributed by atoms with Crippen LogP contribution in [0.4, 0.5) is 0 Å². The van der Waals surface area contributed by atoms with Crippen molar-refractivity contribution in [2.45, 2.75) is 135 Å². The Morgan fingerprint density at radius 3 is 1.68 bits per heavy atom. The lowest BCUT2D eigenvalue weighted by atomic mass is 10.1. The molecule has 1 aliphatic carbocycles.